The van der Waals surface area contributed by atoms with Gasteiger partial charge in [-0.3, -0.25) is 0 Å². The van der Waals surface area contributed by atoms with Gasteiger partial charge in [0.1, 0.15) is 5.60 Å². The molecule has 0 fully saturated rings. The minimum absolute atomic E-state index is 0.434. The molecule has 2 rings (SSSR count). The minimum Gasteiger partial charge on any atom is -0.444 e. The quantitative estimate of drug-likeness (QED) is 0.443. The third-order valence-corrected chi connectivity index (χ3v) is 4.22. The van der Waals surface area contributed by atoms with Crippen LogP contribution in [0.25, 0.3) is 0 Å². The SMILES string of the molecule is CCNC(=NCc1cccc(Cn2ccnc2)c1)NCC(C)(C)NC(=O)OC(C)(C)C. The van der Waals surface area contributed by atoms with Crippen molar-refractivity contribution in [1.82, 2.24) is 25.5 Å². The number of hydrogen-bond acceptors (Lipinski definition) is 4. The third kappa shape index (κ3) is 9.55. The van der Waals surface area contributed by atoms with Gasteiger partial charge in [0.05, 0.1) is 18.4 Å². The summed E-state index contributed by atoms with van der Waals surface area (Å²) >= 11 is 0. The topological polar surface area (TPSA) is 92.6 Å². The Morgan fingerprint density at radius 1 is 1.16 bits per heavy atom. The molecule has 0 saturated heterocycles. The number of hydrogen-bond donors (Lipinski definition) is 3. The smallest absolute Gasteiger partial charge is 0.408 e. The zero-order chi connectivity index (χ0) is 22.9. The third-order valence-electron chi connectivity index (χ3n) is 4.22. The van der Waals surface area contributed by atoms with E-state index < -0.39 is 17.2 Å². The molecule has 31 heavy (non-hydrogen) atoms. The second kappa shape index (κ2) is 10.8. The van der Waals surface area contributed by atoms with Gasteiger partial charge in [-0.1, -0.05) is 24.3 Å². The first-order valence-corrected chi connectivity index (χ1v) is 10.6. The fraction of sp³-hybridized carbons (Fsp3) is 0.522. The van der Waals surface area contributed by atoms with Crippen LogP contribution in [0.3, 0.4) is 0 Å². The molecule has 1 aromatic heterocycles. The van der Waals surface area contributed by atoms with Gasteiger partial charge in [-0.2, -0.15) is 0 Å². The van der Waals surface area contributed by atoms with Crippen molar-refractivity contribution in [2.45, 2.75) is 65.8 Å². The number of ether oxygens (including phenoxy) is 1. The van der Waals surface area contributed by atoms with Crippen LogP contribution in [0.1, 0.15) is 52.7 Å². The van der Waals surface area contributed by atoms with Gasteiger partial charge in [-0.15, -0.1) is 0 Å². The summed E-state index contributed by atoms with van der Waals surface area (Å²) in [5.74, 6) is 0.696. The Balaban J connectivity index is 1.94. The van der Waals surface area contributed by atoms with Crippen molar-refractivity contribution < 1.29 is 9.53 Å². The largest absolute Gasteiger partial charge is 0.444 e. The number of imidazole rings is 1. The van der Waals surface area contributed by atoms with Crippen molar-refractivity contribution in [3.63, 3.8) is 0 Å². The number of guanidine groups is 1. The van der Waals surface area contributed by atoms with Crippen molar-refractivity contribution in [3.8, 4) is 0 Å². The maximum absolute atomic E-state index is 12.1. The molecule has 1 heterocycles. The molecule has 1 aromatic carbocycles. The highest BCUT2D eigenvalue weighted by molar-refractivity contribution is 5.80. The minimum atomic E-state index is -0.531. The number of nitrogens with one attached hydrogen (secondary N) is 3. The Morgan fingerprint density at radius 3 is 2.55 bits per heavy atom. The van der Waals surface area contributed by atoms with Gasteiger partial charge in [0.15, 0.2) is 5.96 Å². The lowest BCUT2D eigenvalue weighted by Crippen LogP contribution is -2.54. The number of aromatic nitrogens is 2. The van der Waals surface area contributed by atoms with Crippen LogP contribution in [0.2, 0.25) is 0 Å². The van der Waals surface area contributed by atoms with E-state index in [1.807, 2.05) is 64.7 Å². The predicted molar refractivity (Wildman–Crippen MR) is 124 cm³/mol. The van der Waals surface area contributed by atoms with Crippen molar-refractivity contribution in [3.05, 3.63) is 54.1 Å². The lowest BCUT2D eigenvalue weighted by atomic mass is 10.1. The molecule has 0 aliphatic carbocycles. The number of benzene rings is 1. The molecular formula is C23H36N6O2. The number of alkyl carbamates (subject to hydrolysis) is 1. The Hall–Kier alpha value is -3.03. The highest BCUT2D eigenvalue weighted by Crippen LogP contribution is 2.10. The lowest BCUT2D eigenvalue weighted by Gasteiger charge is -2.29. The van der Waals surface area contributed by atoms with E-state index in [0.29, 0.717) is 19.0 Å². The summed E-state index contributed by atoms with van der Waals surface area (Å²) in [6, 6.07) is 8.37. The highest BCUT2D eigenvalue weighted by Gasteiger charge is 2.24. The fourth-order valence-corrected chi connectivity index (χ4v) is 2.86. The zero-order valence-electron chi connectivity index (χ0n) is 19.5. The number of carbonyl (C=O) groups excluding carboxylic acids is 1. The van der Waals surface area contributed by atoms with E-state index in [0.717, 1.165) is 18.7 Å². The van der Waals surface area contributed by atoms with Crippen molar-refractivity contribution >= 4 is 12.1 Å². The maximum atomic E-state index is 12.1. The first-order valence-electron chi connectivity index (χ1n) is 10.6. The van der Waals surface area contributed by atoms with Crippen LogP contribution >= 0.6 is 0 Å². The fourth-order valence-electron chi connectivity index (χ4n) is 2.86. The van der Waals surface area contributed by atoms with E-state index in [9.17, 15) is 4.79 Å². The molecule has 0 atom stereocenters. The molecule has 0 saturated carbocycles. The monoisotopic (exact) mass is 428 g/mol. The van der Waals surface area contributed by atoms with Crippen LogP contribution in [0.15, 0.2) is 48.0 Å². The molecule has 0 bridgehead atoms. The van der Waals surface area contributed by atoms with Crippen LogP contribution in [0.4, 0.5) is 4.79 Å². The first kappa shape index (κ1) is 24.2. The first-order chi connectivity index (χ1) is 14.6. The zero-order valence-corrected chi connectivity index (χ0v) is 19.5. The van der Waals surface area contributed by atoms with Crippen LogP contribution in [0.5, 0.6) is 0 Å². The normalized spacial score (nSPS) is 12.4. The summed E-state index contributed by atoms with van der Waals surface area (Å²) in [4.78, 5) is 20.9. The van der Waals surface area contributed by atoms with Gasteiger partial charge < -0.3 is 25.3 Å². The molecule has 8 heteroatoms. The van der Waals surface area contributed by atoms with E-state index in [1.165, 1.54) is 5.56 Å². The lowest BCUT2D eigenvalue weighted by molar-refractivity contribution is 0.0474. The van der Waals surface area contributed by atoms with E-state index in [4.69, 9.17) is 9.73 Å². The van der Waals surface area contributed by atoms with E-state index in [1.54, 1.807) is 6.20 Å². The Bertz CT molecular complexity index is 853. The maximum Gasteiger partial charge on any atom is 0.408 e. The molecule has 0 aliphatic rings. The standard InChI is InChI=1S/C23H36N6O2/c1-7-25-20(27-16-23(5,6)28-21(30)31-22(2,3)4)26-14-18-9-8-10-19(13-18)15-29-12-11-24-17-29/h8-13,17H,7,14-16H2,1-6H3,(H,28,30)(H2,25,26,27). The van der Waals surface area contributed by atoms with Gasteiger partial charge in [-0.05, 0) is 52.7 Å². The summed E-state index contributed by atoms with van der Waals surface area (Å²) in [5.41, 5.74) is 1.28. The number of carbonyl (C=O) groups is 1. The Labute approximate surface area is 185 Å². The molecular weight excluding hydrogens is 392 g/mol. The van der Waals surface area contributed by atoms with Crippen LogP contribution in [0, 0.1) is 0 Å². The number of nitrogens with zero attached hydrogens (tertiary/aromatic N) is 3. The van der Waals surface area contributed by atoms with Gasteiger partial charge in [-0.25, -0.2) is 14.8 Å². The molecule has 0 unspecified atom stereocenters. The second-order valence-electron chi connectivity index (χ2n) is 9.11. The molecule has 0 spiro atoms. The summed E-state index contributed by atoms with van der Waals surface area (Å²) in [7, 11) is 0. The Kier molecular flexibility index (Phi) is 8.47. The molecule has 1 amide bonds. The molecule has 2 aromatic rings. The molecule has 0 aliphatic heterocycles. The number of rotatable bonds is 8. The van der Waals surface area contributed by atoms with Gasteiger partial charge in [0, 0.05) is 32.0 Å². The molecule has 0 radical (unpaired) electrons. The van der Waals surface area contributed by atoms with E-state index >= 15 is 0 Å². The molecule has 3 N–H and O–H groups in total. The number of aliphatic imine (C=N–C) groups is 1. The van der Waals surface area contributed by atoms with E-state index in [-0.39, 0.29) is 0 Å². The van der Waals surface area contributed by atoms with Gasteiger partial charge in [0.25, 0.3) is 0 Å². The van der Waals surface area contributed by atoms with Crippen LogP contribution < -0.4 is 16.0 Å². The van der Waals surface area contributed by atoms with E-state index in [2.05, 4.69) is 39.1 Å². The van der Waals surface area contributed by atoms with Crippen molar-refractivity contribution in [2.75, 3.05) is 13.1 Å². The predicted octanol–water partition coefficient (Wildman–Crippen LogP) is 3.29. The van der Waals surface area contributed by atoms with Crippen LogP contribution in [-0.4, -0.2) is 45.8 Å². The average molecular weight is 429 g/mol. The molecule has 170 valence electrons. The highest BCUT2D eigenvalue weighted by atomic mass is 16.6. The van der Waals surface area contributed by atoms with Crippen molar-refractivity contribution in [1.29, 1.82) is 0 Å². The summed E-state index contributed by atoms with van der Waals surface area (Å²) in [6.07, 6.45) is 5.11. The van der Waals surface area contributed by atoms with Crippen molar-refractivity contribution in [2.24, 2.45) is 4.99 Å². The van der Waals surface area contributed by atoms with Gasteiger partial charge in [0.2, 0.25) is 0 Å². The van der Waals surface area contributed by atoms with Crippen LogP contribution in [-0.2, 0) is 17.8 Å². The molecule has 8 nitrogen and oxygen atoms in total. The summed E-state index contributed by atoms with van der Waals surface area (Å²) in [6.45, 7) is 14.0. The summed E-state index contributed by atoms with van der Waals surface area (Å²) < 4.78 is 7.39. The second-order valence-corrected chi connectivity index (χ2v) is 9.11. The van der Waals surface area contributed by atoms with Gasteiger partial charge >= 0.3 is 6.09 Å². The number of amides is 1. The Morgan fingerprint density at radius 2 is 1.90 bits per heavy atom. The summed E-state index contributed by atoms with van der Waals surface area (Å²) in [5, 5.41) is 9.46. The average Bonchev–Trinajstić information content (AvgIpc) is 3.15.